The average Bonchev–Trinajstić information content (AvgIpc) is 3.23. The highest BCUT2D eigenvalue weighted by molar-refractivity contribution is 14.0. The summed E-state index contributed by atoms with van der Waals surface area (Å²) in [6, 6.07) is 14.1. The van der Waals surface area contributed by atoms with Gasteiger partial charge in [-0.2, -0.15) is 0 Å². The van der Waals surface area contributed by atoms with Crippen LogP contribution in [0.5, 0.6) is 5.75 Å². The second kappa shape index (κ2) is 12.0. The lowest BCUT2D eigenvalue weighted by Gasteiger charge is -2.34. The van der Waals surface area contributed by atoms with Gasteiger partial charge in [-0.1, -0.05) is 24.3 Å². The SMILES string of the molecule is CN(C)C(=O)CN=C(NCc1cccs1)N1CCC(Oc2ccccc2)CC1.I. The van der Waals surface area contributed by atoms with Crippen LogP contribution in [0.15, 0.2) is 52.8 Å². The first-order valence-electron chi connectivity index (χ1n) is 9.59. The highest BCUT2D eigenvalue weighted by atomic mass is 127. The third-order valence-electron chi connectivity index (χ3n) is 4.65. The fraction of sp³-hybridized carbons (Fsp3) is 0.429. The van der Waals surface area contributed by atoms with Crippen molar-refractivity contribution < 1.29 is 9.53 Å². The third-order valence-corrected chi connectivity index (χ3v) is 5.53. The number of nitrogens with zero attached hydrogens (tertiary/aromatic N) is 3. The Morgan fingerprint density at radius 3 is 2.55 bits per heavy atom. The Balaban J connectivity index is 0.00000300. The predicted octanol–water partition coefficient (Wildman–Crippen LogP) is 3.44. The van der Waals surface area contributed by atoms with Gasteiger partial charge in [0.25, 0.3) is 0 Å². The number of carbonyl (C=O) groups excluding carboxylic acids is 1. The number of ether oxygens (including phenoxy) is 1. The molecule has 0 atom stereocenters. The maximum absolute atomic E-state index is 12.0. The van der Waals surface area contributed by atoms with Crippen LogP contribution < -0.4 is 10.1 Å². The molecule has 29 heavy (non-hydrogen) atoms. The molecule has 1 saturated heterocycles. The van der Waals surface area contributed by atoms with Gasteiger partial charge in [-0.3, -0.25) is 4.79 Å². The minimum atomic E-state index is -0.00211. The number of amides is 1. The van der Waals surface area contributed by atoms with E-state index in [1.807, 2.05) is 36.4 Å². The summed E-state index contributed by atoms with van der Waals surface area (Å²) in [4.78, 5) is 21.6. The summed E-state index contributed by atoms with van der Waals surface area (Å²) in [6.07, 6.45) is 2.06. The molecule has 1 aliphatic heterocycles. The number of rotatable bonds is 6. The zero-order chi connectivity index (χ0) is 19.8. The molecule has 6 nitrogen and oxygen atoms in total. The lowest BCUT2D eigenvalue weighted by atomic mass is 10.1. The molecule has 0 bridgehead atoms. The first-order chi connectivity index (χ1) is 13.6. The Labute approximate surface area is 194 Å². The Morgan fingerprint density at radius 1 is 1.21 bits per heavy atom. The minimum Gasteiger partial charge on any atom is -0.490 e. The zero-order valence-corrected chi connectivity index (χ0v) is 20.1. The molecule has 8 heteroatoms. The van der Waals surface area contributed by atoms with E-state index in [0.29, 0.717) is 6.54 Å². The van der Waals surface area contributed by atoms with Crippen molar-refractivity contribution >= 4 is 47.2 Å². The van der Waals surface area contributed by atoms with E-state index in [1.54, 1.807) is 30.3 Å². The van der Waals surface area contributed by atoms with Gasteiger partial charge in [-0.25, -0.2) is 4.99 Å². The molecule has 0 aliphatic carbocycles. The number of guanidine groups is 1. The lowest BCUT2D eigenvalue weighted by molar-refractivity contribution is -0.127. The number of likely N-dealkylation sites (tertiary alicyclic amines) is 1. The van der Waals surface area contributed by atoms with Crippen LogP contribution in [0.3, 0.4) is 0 Å². The van der Waals surface area contributed by atoms with Crippen LogP contribution in [0.1, 0.15) is 17.7 Å². The third kappa shape index (κ3) is 7.50. The maximum atomic E-state index is 12.0. The van der Waals surface area contributed by atoms with E-state index in [0.717, 1.165) is 37.6 Å². The van der Waals surface area contributed by atoms with Crippen LogP contribution in [-0.2, 0) is 11.3 Å². The molecule has 0 saturated carbocycles. The Bertz CT molecular complexity index is 760. The number of piperidine rings is 1. The number of hydrogen-bond acceptors (Lipinski definition) is 4. The van der Waals surface area contributed by atoms with Crippen molar-refractivity contribution in [2.24, 2.45) is 4.99 Å². The van der Waals surface area contributed by atoms with E-state index < -0.39 is 0 Å². The van der Waals surface area contributed by atoms with E-state index >= 15 is 0 Å². The van der Waals surface area contributed by atoms with Crippen LogP contribution in [-0.4, -0.2) is 61.5 Å². The molecule has 1 amide bonds. The summed E-state index contributed by atoms with van der Waals surface area (Å²) in [7, 11) is 3.51. The van der Waals surface area contributed by atoms with Crippen molar-refractivity contribution in [3.8, 4) is 5.75 Å². The van der Waals surface area contributed by atoms with Gasteiger partial charge in [-0.15, -0.1) is 35.3 Å². The topological polar surface area (TPSA) is 57.2 Å². The van der Waals surface area contributed by atoms with Crippen molar-refractivity contribution in [3.63, 3.8) is 0 Å². The van der Waals surface area contributed by atoms with Crippen LogP contribution in [0.2, 0.25) is 0 Å². The average molecular weight is 528 g/mol. The first-order valence-corrected chi connectivity index (χ1v) is 10.5. The molecular weight excluding hydrogens is 499 g/mol. The predicted molar refractivity (Wildman–Crippen MR) is 129 cm³/mol. The van der Waals surface area contributed by atoms with Gasteiger partial charge < -0.3 is 19.9 Å². The molecule has 1 aromatic carbocycles. The van der Waals surface area contributed by atoms with Crippen molar-refractivity contribution in [1.82, 2.24) is 15.1 Å². The summed E-state index contributed by atoms with van der Waals surface area (Å²) in [5.41, 5.74) is 0. The molecule has 0 unspecified atom stereocenters. The van der Waals surface area contributed by atoms with Crippen LogP contribution >= 0.6 is 35.3 Å². The highest BCUT2D eigenvalue weighted by Crippen LogP contribution is 2.19. The number of hydrogen-bond donors (Lipinski definition) is 1. The normalized spacial score (nSPS) is 14.8. The molecule has 0 radical (unpaired) electrons. The number of likely N-dealkylation sites (N-methyl/N-ethyl adjacent to an activating group) is 1. The Hall–Kier alpha value is -1.81. The maximum Gasteiger partial charge on any atom is 0.243 e. The smallest absolute Gasteiger partial charge is 0.243 e. The Kier molecular flexibility index (Phi) is 9.72. The van der Waals surface area contributed by atoms with Gasteiger partial charge in [0.05, 0.1) is 6.54 Å². The van der Waals surface area contributed by atoms with E-state index in [-0.39, 0.29) is 42.5 Å². The second-order valence-electron chi connectivity index (χ2n) is 6.98. The lowest BCUT2D eigenvalue weighted by Crippen LogP contribution is -2.47. The van der Waals surface area contributed by atoms with E-state index in [4.69, 9.17) is 4.74 Å². The molecule has 1 aliphatic rings. The highest BCUT2D eigenvalue weighted by Gasteiger charge is 2.23. The van der Waals surface area contributed by atoms with Gasteiger partial charge >= 0.3 is 0 Å². The van der Waals surface area contributed by atoms with E-state index in [9.17, 15) is 4.79 Å². The molecule has 1 N–H and O–H groups in total. The van der Waals surface area contributed by atoms with Gasteiger partial charge in [0.1, 0.15) is 18.4 Å². The molecule has 2 heterocycles. The number of aliphatic imine (C=N–C) groups is 1. The van der Waals surface area contributed by atoms with Gasteiger partial charge in [0, 0.05) is 44.9 Å². The minimum absolute atomic E-state index is 0. The summed E-state index contributed by atoms with van der Waals surface area (Å²) in [5, 5.41) is 5.49. The van der Waals surface area contributed by atoms with Crippen molar-refractivity contribution in [2.45, 2.75) is 25.5 Å². The fourth-order valence-corrected chi connectivity index (χ4v) is 3.65. The molecule has 0 spiro atoms. The molecule has 1 fully saturated rings. The largest absolute Gasteiger partial charge is 0.490 e. The number of carbonyl (C=O) groups is 1. The molecule has 3 rings (SSSR count). The van der Waals surface area contributed by atoms with Crippen molar-refractivity contribution in [2.75, 3.05) is 33.7 Å². The first kappa shape index (κ1) is 23.5. The Morgan fingerprint density at radius 2 is 1.93 bits per heavy atom. The quantitative estimate of drug-likeness (QED) is 0.355. The monoisotopic (exact) mass is 528 g/mol. The summed E-state index contributed by atoms with van der Waals surface area (Å²) < 4.78 is 6.09. The zero-order valence-electron chi connectivity index (χ0n) is 16.9. The number of halogens is 1. The van der Waals surface area contributed by atoms with Crippen molar-refractivity contribution in [3.05, 3.63) is 52.7 Å². The standard InChI is InChI=1S/C21H28N4O2S.HI/c1-24(2)20(26)16-23-21(22-15-19-9-6-14-28-19)25-12-10-18(11-13-25)27-17-7-4-3-5-8-17;/h3-9,14,18H,10-13,15-16H2,1-2H3,(H,22,23);1H. The fourth-order valence-electron chi connectivity index (χ4n) is 3.01. The van der Waals surface area contributed by atoms with Crippen molar-refractivity contribution in [1.29, 1.82) is 0 Å². The molecule has 2 aromatic rings. The van der Waals surface area contributed by atoms with Gasteiger partial charge in [-0.05, 0) is 23.6 Å². The van der Waals surface area contributed by atoms with E-state index in [1.165, 1.54) is 4.88 Å². The van der Waals surface area contributed by atoms with Crippen LogP contribution in [0.25, 0.3) is 0 Å². The number of nitrogens with one attached hydrogen (secondary N) is 1. The molecule has 1 aromatic heterocycles. The summed E-state index contributed by atoms with van der Waals surface area (Å²) in [6.45, 7) is 2.57. The molecular formula is C21H29IN4O2S. The van der Waals surface area contributed by atoms with Crippen LogP contribution in [0.4, 0.5) is 0 Å². The van der Waals surface area contributed by atoms with Gasteiger partial charge in [0.2, 0.25) is 5.91 Å². The molecule has 158 valence electrons. The summed E-state index contributed by atoms with van der Waals surface area (Å²) >= 11 is 1.71. The summed E-state index contributed by atoms with van der Waals surface area (Å²) in [5.74, 6) is 1.71. The second-order valence-corrected chi connectivity index (χ2v) is 8.01. The number of para-hydroxylation sites is 1. The van der Waals surface area contributed by atoms with Crippen LogP contribution in [0, 0.1) is 0 Å². The number of benzene rings is 1. The number of thiophene rings is 1. The van der Waals surface area contributed by atoms with E-state index in [2.05, 4.69) is 26.7 Å². The van der Waals surface area contributed by atoms with Gasteiger partial charge in [0.15, 0.2) is 5.96 Å².